The van der Waals surface area contributed by atoms with Crippen LogP contribution in [0.15, 0.2) is 29.4 Å². The fourth-order valence-electron chi connectivity index (χ4n) is 2.10. The Hall–Kier alpha value is -1.66. The van der Waals surface area contributed by atoms with Gasteiger partial charge in [-0.15, -0.1) is 11.3 Å². The zero-order valence-corrected chi connectivity index (χ0v) is 13.3. The molecule has 0 atom stereocenters. The Morgan fingerprint density at radius 3 is 2.86 bits per heavy atom. The number of aromatic nitrogens is 2. The van der Waals surface area contributed by atoms with Gasteiger partial charge in [0.2, 0.25) is 0 Å². The lowest BCUT2D eigenvalue weighted by molar-refractivity contribution is 0.626. The average Bonchev–Trinajstić information content (AvgIpc) is 2.72. The molecule has 1 aromatic carbocycles. The van der Waals surface area contributed by atoms with Gasteiger partial charge in [0.15, 0.2) is 5.16 Å². The number of thioether (sulfide) groups is 1. The first-order valence-electron chi connectivity index (χ1n) is 6.45. The summed E-state index contributed by atoms with van der Waals surface area (Å²) in [6.07, 6.45) is 0. The Labute approximate surface area is 130 Å². The third-order valence-corrected chi connectivity index (χ3v) is 5.31. The molecule has 0 radical (unpaired) electrons. The fraction of sp³-hybridized carbons (Fsp3) is 0.200. The van der Waals surface area contributed by atoms with Gasteiger partial charge < -0.3 is 5.73 Å². The van der Waals surface area contributed by atoms with E-state index in [9.17, 15) is 4.39 Å². The van der Waals surface area contributed by atoms with Crippen molar-refractivity contribution >= 4 is 39.1 Å². The summed E-state index contributed by atoms with van der Waals surface area (Å²) in [7, 11) is 0. The van der Waals surface area contributed by atoms with Crippen LogP contribution in [0, 0.1) is 19.7 Å². The molecule has 0 aliphatic rings. The largest absolute Gasteiger partial charge is 0.383 e. The van der Waals surface area contributed by atoms with Crippen molar-refractivity contribution in [2.45, 2.75) is 24.8 Å². The average molecular weight is 319 g/mol. The van der Waals surface area contributed by atoms with E-state index in [0.717, 1.165) is 21.3 Å². The molecule has 2 N–H and O–H groups in total. The minimum atomic E-state index is -0.228. The molecule has 21 heavy (non-hydrogen) atoms. The lowest BCUT2D eigenvalue weighted by Crippen LogP contribution is -1.96. The van der Waals surface area contributed by atoms with Crippen molar-refractivity contribution in [3.05, 3.63) is 46.1 Å². The smallest absolute Gasteiger partial charge is 0.191 e. The number of nitrogen functional groups attached to an aromatic ring is 1. The minimum absolute atomic E-state index is 0.228. The molecule has 0 unspecified atom stereocenters. The van der Waals surface area contributed by atoms with Crippen molar-refractivity contribution in [2.75, 3.05) is 5.73 Å². The van der Waals surface area contributed by atoms with Crippen molar-refractivity contribution in [1.82, 2.24) is 9.97 Å². The van der Waals surface area contributed by atoms with E-state index in [2.05, 4.69) is 16.9 Å². The van der Waals surface area contributed by atoms with Gasteiger partial charge >= 0.3 is 0 Å². The first-order valence-corrected chi connectivity index (χ1v) is 8.25. The first-order chi connectivity index (χ1) is 10.0. The van der Waals surface area contributed by atoms with Gasteiger partial charge in [-0.05, 0) is 37.1 Å². The molecule has 3 rings (SSSR count). The molecule has 2 heterocycles. The summed E-state index contributed by atoms with van der Waals surface area (Å²) in [5, 5.41) is 1.58. The zero-order chi connectivity index (χ0) is 15.0. The summed E-state index contributed by atoms with van der Waals surface area (Å²) in [6, 6.07) is 6.55. The molecule has 2 aromatic heterocycles. The highest BCUT2D eigenvalue weighted by Crippen LogP contribution is 2.33. The standard InChI is InChI=1S/C15H14FN3S2/c1-8-9(2)21-14-12(8)13(17)18-15(19-14)20-7-10-4-3-5-11(16)6-10/h3-6H,7H2,1-2H3,(H2,17,18,19). The number of hydrogen-bond donors (Lipinski definition) is 1. The Bertz CT molecular complexity index is 814. The predicted octanol–water partition coefficient (Wildman–Crippen LogP) is 4.32. The molecular weight excluding hydrogens is 305 g/mol. The molecule has 0 saturated carbocycles. The topological polar surface area (TPSA) is 51.8 Å². The van der Waals surface area contributed by atoms with Gasteiger partial charge in [-0.2, -0.15) is 0 Å². The number of fused-ring (bicyclic) bond motifs is 1. The molecular formula is C15H14FN3S2. The summed E-state index contributed by atoms with van der Waals surface area (Å²) in [6.45, 7) is 4.09. The maximum atomic E-state index is 13.2. The quantitative estimate of drug-likeness (QED) is 0.577. The molecule has 3 nitrogen and oxygen atoms in total. The third kappa shape index (κ3) is 2.87. The van der Waals surface area contributed by atoms with Crippen molar-refractivity contribution in [2.24, 2.45) is 0 Å². The van der Waals surface area contributed by atoms with E-state index < -0.39 is 0 Å². The number of halogens is 1. The third-order valence-electron chi connectivity index (χ3n) is 3.29. The summed E-state index contributed by atoms with van der Waals surface area (Å²) in [5.74, 6) is 0.906. The fourth-order valence-corrected chi connectivity index (χ4v) is 3.99. The van der Waals surface area contributed by atoms with Gasteiger partial charge in [-0.3, -0.25) is 0 Å². The Morgan fingerprint density at radius 2 is 2.10 bits per heavy atom. The van der Waals surface area contributed by atoms with Crippen molar-refractivity contribution in [3.8, 4) is 0 Å². The monoisotopic (exact) mass is 319 g/mol. The van der Waals surface area contributed by atoms with Crippen LogP contribution in [0.2, 0.25) is 0 Å². The van der Waals surface area contributed by atoms with Crippen LogP contribution >= 0.6 is 23.1 Å². The number of nitrogens with zero attached hydrogens (tertiary/aromatic N) is 2. The maximum absolute atomic E-state index is 13.2. The van der Waals surface area contributed by atoms with Crippen molar-refractivity contribution in [1.29, 1.82) is 0 Å². The Balaban J connectivity index is 1.88. The predicted molar refractivity (Wildman–Crippen MR) is 87.3 cm³/mol. The lowest BCUT2D eigenvalue weighted by atomic mass is 10.2. The number of nitrogens with two attached hydrogens (primary N) is 1. The molecule has 0 aliphatic carbocycles. The van der Waals surface area contributed by atoms with Gasteiger partial charge in [-0.25, -0.2) is 14.4 Å². The maximum Gasteiger partial charge on any atom is 0.191 e. The molecule has 0 aliphatic heterocycles. The van der Waals surface area contributed by atoms with Crippen LogP contribution in [0.1, 0.15) is 16.0 Å². The Morgan fingerprint density at radius 1 is 1.29 bits per heavy atom. The van der Waals surface area contributed by atoms with Crippen LogP contribution in [0.3, 0.4) is 0 Å². The molecule has 0 amide bonds. The number of anilines is 1. The molecule has 0 fully saturated rings. The molecule has 0 spiro atoms. The first kappa shape index (κ1) is 14.3. The van der Waals surface area contributed by atoms with Crippen LogP contribution in [0.5, 0.6) is 0 Å². The van der Waals surface area contributed by atoms with E-state index in [0.29, 0.717) is 16.7 Å². The number of benzene rings is 1. The van der Waals surface area contributed by atoms with Crippen LogP contribution in [0.25, 0.3) is 10.2 Å². The van der Waals surface area contributed by atoms with Gasteiger partial charge in [0.25, 0.3) is 0 Å². The normalized spacial score (nSPS) is 11.2. The van der Waals surface area contributed by atoms with E-state index in [1.807, 2.05) is 13.0 Å². The second kappa shape index (κ2) is 5.61. The van der Waals surface area contributed by atoms with E-state index in [1.165, 1.54) is 28.8 Å². The minimum Gasteiger partial charge on any atom is -0.383 e. The zero-order valence-electron chi connectivity index (χ0n) is 11.7. The van der Waals surface area contributed by atoms with Crippen LogP contribution in [0.4, 0.5) is 10.2 Å². The summed E-state index contributed by atoms with van der Waals surface area (Å²) in [4.78, 5) is 11.0. The van der Waals surface area contributed by atoms with E-state index in [4.69, 9.17) is 5.73 Å². The summed E-state index contributed by atoms with van der Waals surface area (Å²) >= 11 is 3.09. The second-order valence-electron chi connectivity index (χ2n) is 4.77. The number of thiophene rings is 1. The number of aryl methyl sites for hydroxylation is 2. The van der Waals surface area contributed by atoms with E-state index in [1.54, 1.807) is 17.4 Å². The molecule has 3 aromatic rings. The van der Waals surface area contributed by atoms with Crippen LogP contribution in [-0.2, 0) is 5.75 Å². The van der Waals surface area contributed by atoms with E-state index >= 15 is 0 Å². The summed E-state index contributed by atoms with van der Waals surface area (Å²) in [5.41, 5.74) is 8.10. The highest BCUT2D eigenvalue weighted by molar-refractivity contribution is 7.98. The van der Waals surface area contributed by atoms with Gasteiger partial charge in [0, 0.05) is 10.6 Å². The van der Waals surface area contributed by atoms with Crippen LogP contribution in [-0.4, -0.2) is 9.97 Å². The van der Waals surface area contributed by atoms with Gasteiger partial charge in [-0.1, -0.05) is 23.9 Å². The van der Waals surface area contributed by atoms with E-state index in [-0.39, 0.29) is 5.82 Å². The highest BCUT2D eigenvalue weighted by Gasteiger charge is 2.12. The van der Waals surface area contributed by atoms with Crippen LogP contribution < -0.4 is 5.73 Å². The highest BCUT2D eigenvalue weighted by atomic mass is 32.2. The molecule has 0 bridgehead atoms. The molecule has 6 heteroatoms. The summed E-state index contributed by atoms with van der Waals surface area (Å²) < 4.78 is 13.2. The molecule has 0 saturated heterocycles. The van der Waals surface area contributed by atoms with Crippen molar-refractivity contribution in [3.63, 3.8) is 0 Å². The van der Waals surface area contributed by atoms with Crippen molar-refractivity contribution < 1.29 is 4.39 Å². The van der Waals surface area contributed by atoms with Gasteiger partial charge in [0.1, 0.15) is 16.5 Å². The Kier molecular flexibility index (Phi) is 3.82. The molecule has 108 valence electrons. The SMILES string of the molecule is Cc1sc2nc(SCc3cccc(F)c3)nc(N)c2c1C. The second-order valence-corrected chi connectivity index (χ2v) is 6.92. The van der Waals surface area contributed by atoms with Gasteiger partial charge in [0.05, 0.1) is 5.39 Å². The lowest BCUT2D eigenvalue weighted by Gasteiger charge is -2.03. The number of hydrogen-bond acceptors (Lipinski definition) is 5. The number of rotatable bonds is 3.